The molecular weight excluding hydrogens is 391 g/mol. The number of rotatable bonds is 4. The lowest BCUT2D eigenvalue weighted by Gasteiger charge is -2.42. The Morgan fingerprint density at radius 3 is 2.66 bits per heavy atom. The zero-order chi connectivity index (χ0) is 20.8. The maximum Gasteiger partial charge on any atom is 0.131 e. The standard InChI is InChI=1S/C23H24ClFN2O2/c1-13-10-20(24)27-18-11-17-19(12-16(13)18)29-23(2,3)22(28)21(17)26-9-8-14-4-6-15(25)7-5-14/h4-7,10-12,21-22,26,28H,8-9H2,1-3H3. The Morgan fingerprint density at radius 1 is 1.21 bits per heavy atom. The molecule has 4 rings (SSSR count). The van der Waals surface area contributed by atoms with Crippen molar-refractivity contribution in [3.05, 3.63) is 70.1 Å². The number of aliphatic hydroxyl groups is 1. The topological polar surface area (TPSA) is 54.4 Å². The average Bonchev–Trinajstić information content (AvgIpc) is 2.65. The Hall–Kier alpha value is -2.21. The van der Waals surface area contributed by atoms with Crippen molar-refractivity contribution in [3.8, 4) is 5.75 Å². The van der Waals surface area contributed by atoms with Crippen LogP contribution >= 0.6 is 11.6 Å². The molecule has 0 radical (unpaired) electrons. The van der Waals surface area contributed by atoms with E-state index in [1.54, 1.807) is 12.1 Å². The van der Waals surface area contributed by atoms with E-state index in [1.807, 2.05) is 39.0 Å². The van der Waals surface area contributed by atoms with E-state index >= 15 is 0 Å². The van der Waals surface area contributed by atoms with Gasteiger partial charge in [0.1, 0.15) is 28.4 Å². The minimum atomic E-state index is -0.749. The van der Waals surface area contributed by atoms with Crippen molar-refractivity contribution in [2.45, 2.75) is 44.9 Å². The van der Waals surface area contributed by atoms with Crippen molar-refractivity contribution >= 4 is 22.5 Å². The van der Waals surface area contributed by atoms with Crippen LogP contribution < -0.4 is 10.1 Å². The molecule has 1 aromatic heterocycles. The molecule has 2 aromatic carbocycles. The average molecular weight is 415 g/mol. The summed E-state index contributed by atoms with van der Waals surface area (Å²) < 4.78 is 19.2. The van der Waals surface area contributed by atoms with Crippen LogP contribution in [0.2, 0.25) is 5.15 Å². The second-order valence-electron chi connectivity index (χ2n) is 8.13. The molecule has 1 aliphatic rings. The number of hydrogen-bond acceptors (Lipinski definition) is 4. The van der Waals surface area contributed by atoms with Gasteiger partial charge in [0.05, 0.1) is 11.6 Å². The third kappa shape index (κ3) is 3.95. The number of halogens is 2. The van der Waals surface area contributed by atoms with Crippen LogP contribution in [-0.4, -0.2) is 28.3 Å². The molecule has 0 saturated heterocycles. The van der Waals surface area contributed by atoms with E-state index in [0.717, 1.165) is 39.8 Å². The van der Waals surface area contributed by atoms with E-state index in [0.29, 0.717) is 11.7 Å². The maximum atomic E-state index is 13.1. The summed E-state index contributed by atoms with van der Waals surface area (Å²) in [4.78, 5) is 4.44. The van der Waals surface area contributed by atoms with Crippen LogP contribution in [0.5, 0.6) is 5.75 Å². The Morgan fingerprint density at radius 2 is 1.93 bits per heavy atom. The first-order chi connectivity index (χ1) is 13.7. The van der Waals surface area contributed by atoms with E-state index in [4.69, 9.17) is 16.3 Å². The molecule has 0 amide bonds. The van der Waals surface area contributed by atoms with Crippen LogP contribution in [0.4, 0.5) is 4.39 Å². The van der Waals surface area contributed by atoms with E-state index in [1.165, 1.54) is 12.1 Å². The maximum absolute atomic E-state index is 13.1. The van der Waals surface area contributed by atoms with Gasteiger partial charge in [-0.2, -0.15) is 0 Å². The smallest absolute Gasteiger partial charge is 0.131 e. The van der Waals surface area contributed by atoms with Gasteiger partial charge in [0.25, 0.3) is 0 Å². The molecule has 29 heavy (non-hydrogen) atoms. The molecule has 0 fully saturated rings. The van der Waals surface area contributed by atoms with Crippen molar-refractivity contribution in [1.82, 2.24) is 10.3 Å². The van der Waals surface area contributed by atoms with Gasteiger partial charge in [-0.25, -0.2) is 9.37 Å². The predicted octanol–water partition coefficient (Wildman–Crippen LogP) is 4.74. The summed E-state index contributed by atoms with van der Waals surface area (Å²) >= 11 is 6.15. The first-order valence-corrected chi connectivity index (χ1v) is 10.1. The molecule has 3 aromatic rings. The van der Waals surface area contributed by atoms with E-state index in [-0.39, 0.29) is 11.9 Å². The number of nitrogens with zero attached hydrogens (tertiary/aromatic N) is 1. The molecule has 1 aliphatic heterocycles. The number of nitrogens with one attached hydrogen (secondary N) is 1. The Balaban J connectivity index is 1.65. The van der Waals surface area contributed by atoms with Crippen LogP contribution in [-0.2, 0) is 6.42 Å². The van der Waals surface area contributed by atoms with Crippen LogP contribution in [0.25, 0.3) is 10.9 Å². The molecular formula is C23H24ClFN2O2. The van der Waals surface area contributed by atoms with Gasteiger partial charge in [-0.3, -0.25) is 0 Å². The fraction of sp³-hybridized carbons (Fsp3) is 0.348. The predicted molar refractivity (Wildman–Crippen MR) is 113 cm³/mol. The SMILES string of the molecule is Cc1cc(Cl)nc2cc3c(cc12)OC(C)(C)C(O)C3NCCc1ccc(F)cc1. The Labute approximate surface area is 174 Å². The van der Waals surface area contributed by atoms with Crippen molar-refractivity contribution < 1.29 is 14.2 Å². The van der Waals surface area contributed by atoms with Gasteiger partial charge in [0, 0.05) is 10.9 Å². The van der Waals surface area contributed by atoms with Crippen molar-refractivity contribution in [1.29, 1.82) is 0 Å². The highest BCUT2D eigenvalue weighted by molar-refractivity contribution is 6.29. The second kappa shape index (κ2) is 7.56. The van der Waals surface area contributed by atoms with Crippen molar-refractivity contribution in [2.75, 3.05) is 6.54 Å². The molecule has 2 heterocycles. The number of benzene rings is 2. The summed E-state index contributed by atoms with van der Waals surface area (Å²) in [5, 5.41) is 15.8. The van der Waals surface area contributed by atoms with Gasteiger partial charge in [0.2, 0.25) is 0 Å². The zero-order valence-corrected chi connectivity index (χ0v) is 17.4. The van der Waals surface area contributed by atoms with Crippen LogP contribution in [0.1, 0.15) is 36.6 Å². The van der Waals surface area contributed by atoms with Gasteiger partial charge in [-0.15, -0.1) is 0 Å². The van der Waals surface area contributed by atoms with Gasteiger partial charge in [0.15, 0.2) is 0 Å². The second-order valence-corrected chi connectivity index (χ2v) is 8.51. The van der Waals surface area contributed by atoms with Crippen LogP contribution in [0.15, 0.2) is 42.5 Å². The zero-order valence-electron chi connectivity index (χ0n) is 16.7. The summed E-state index contributed by atoms with van der Waals surface area (Å²) in [5.41, 5.74) is 2.94. The summed E-state index contributed by atoms with van der Waals surface area (Å²) in [6.45, 7) is 6.38. The lowest BCUT2D eigenvalue weighted by molar-refractivity contribution is -0.0642. The number of aryl methyl sites for hydroxylation is 1. The first kappa shape index (κ1) is 20.1. The molecule has 2 N–H and O–H groups in total. The van der Waals surface area contributed by atoms with Crippen molar-refractivity contribution in [2.24, 2.45) is 0 Å². The number of hydrogen-bond donors (Lipinski definition) is 2. The molecule has 0 aliphatic carbocycles. The van der Waals surface area contributed by atoms with Crippen molar-refractivity contribution in [3.63, 3.8) is 0 Å². The monoisotopic (exact) mass is 414 g/mol. The highest BCUT2D eigenvalue weighted by atomic mass is 35.5. The first-order valence-electron chi connectivity index (χ1n) is 9.70. The number of aliphatic hydroxyl groups excluding tert-OH is 1. The molecule has 0 spiro atoms. The fourth-order valence-corrected chi connectivity index (χ4v) is 4.14. The molecule has 4 nitrogen and oxygen atoms in total. The number of fused-ring (bicyclic) bond motifs is 2. The molecule has 2 atom stereocenters. The van der Waals surface area contributed by atoms with Gasteiger partial charge in [-0.05, 0) is 75.2 Å². The normalized spacial score (nSPS) is 20.3. The van der Waals surface area contributed by atoms with Crippen LogP contribution in [0.3, 0.4) is 0 Å². The number of aromatic nitrogens is 1. The molecule has 0 bridgehead atoms. The quantitative estimate of drug-likeness (QED) is 0.605. The highest BCUT2D eigenvalue weighted by Gasteiger charge is 2.42. The Bertz CT molecular complexity index is 1050. The van der Waals surface area contributed by atoms with E-state index < -0.39 is 11.7 Å². The Kier molecular flexibility index (Phi) is 5.23. The lowest BCUT2D eigenvalue weighted by Crippen LogP contribution is -2.52. The summed E-state index contributed by atoms with van der Waals surface area (Å²) in [6, 6.07) is 11.9. The highest BCUT2D eigenvalue weighted by Crippen LogP contribution is 2.42. The minimum Gasteiger partial charge on any atom is -0.485 e. The van der Waals surface area contributed by atoms with Gasteiger partial charge in [-0.1, -0.05) is 23.7 Å². The molecule has 6 heteroatoms. The third-order valence-electron chi connectivity index (χ3n) is 5.54. The number of pyridine rings is 1. The van der Waals surface area contributed by atoms with E-state index in [2.05, 4.69) is 10.3 Å². The summed E-state index contributed by atoms with van der Waals surface area (Å²) in [7, 11) is 0. The minimum absolute atomic E-state index is 0.245. The molecule has 2 unspecified atom stereocenters. The van der Waals surface area contributed by atoms with Crippen LogP contribution in [0, 0.1) is 12.7 Å². The van der Waals surface area contributed by atoms with E-state index in [9.17, 15) is 9.50 Å². The largest absolute Gasteiger partial charge is 0.485 e. The molecule has 0 saturated carbocycles. The van der Waals surface area contributed by atoms with Gasteiger partial charge >= 0.3 is 0 Å². The third-order valence-corrected chi connectivity index (χ3v) is 5.74. The molecule has 152 valence electrons. The van der Waals surface area contributed by atoms with Gasteiger partial charge < -0.3 is 15.2 Å². The fourth-order valence-electron chi connectivity index (χ4n) is 3.89. The number of ether oxygens (including phenoxy) is 1. The summed E-state index contributed by atoms with van der Waals surface area (Å²) in [5.74, 6) is 0.491. The summed E-state index contributed by atoms with van der Waals surface area (Å²) in [6.07, 6.45) is -0.0300. The lowest BCUT2D eigenvalue weighted by atomic mass is 9.85.